The molecule has 2 atom stereocenters. The maximum absolute atomic E-state index is 11.4. The van der Waals surface area contributed by atoms with Crippen LogP contribution >= 0.6 is 0 Å². The zero-order valence-corrected chi connectivity index (χ0v) is 9.17. The van der Waals surface area contributed by atoms with Gasteiger partial charge >= 0.3 is 0 Å². The van der Waals surface area contributed by atoms with Gasteiger partial charge in [-0.3, -0.25) is 4.79 Å². The van der Waals surface area contributed by atoms with Crippen molar-refractivity contribution in [3.8, 4) is 0 Å². The molecule has 2 unspecified atom stereocenters. The van der Waals surface area contributed by atoms with E-state index in [-0.39, 0.29) is 5.91 Å². The highest BCUT2D eigenvalue weighted by Crippen LogP contribution is 2.24. The molecule has 0 aromatic carbocycles. The molecule has 86 valence electrons. The molecule has 2 saturated carbocycles. The second kappa shape index (κ2) is 4.94. The zero-order valence-electron chi connectivity index (χ0n) is 9.17. The predicted octanol–water partition coefficient (Wildman–Crippen LogP) is -0.0180. The van der Waals surface area contributed by atoms with Crippen LogP contribution < -0.4 is 16.4 Å². The molecule has 0 saturated heterocycles. The molecule has 0 aromatic rings. The average Bonchev–Trinajstić information content (AvgIpc) is 2.92. The molecule has 4 N–H and O–H groups in total. The monoisotopic (exact) mass is 211 g/mol. The Kier molecular flexibility index (Phi) is 3.59. The summed E-state index contributed by atoms with van der Waals surface area (Å²) in [6.07, 6.45) is 5.92. The van der Waals surface area contributed by atoms with Gasteiger partial charge in [0.25, 0.3) is 0 Å². The molecule has 1 amide bonds. The summed E-state index contributed by atoms with van der Waals surface area (Å²) in [5.74, 6) is 0.707. The molecule has 2 rings (SSSR count). The molecular formula is C11H21N3O. The number of amides is 1. The molecule has 4 heteroatoms. The van der Waals surface area contributed by atoms with Crippen molar-refractivity contribution in [2.24, 2.45) is 11.7 Å². The topological polar surface area (TPSA) is 67.1 Å². The smallest absolute Gasteiger partial charge is 0.234 e. The first kappa shape index (κ1) is 10.9. The van der Waals surface area contributed by atoms with Crippen molar-refractivity contribution in [3.05, 3.63) is 0 Å². The van der Waals surface area contributed by atoms with E-state index >= 15 is 0 Å². The number of nitrogens with one attached hydrogen (secondary N) is 2. The molecule has 4 nitrogen and oxygen atoms in total. The van der Waals surface area contributed by atoms with E-state index in [0.29, 0.717) is 24.5 Å². The van der Waals surface area contributed by atoms with Crippen LogP contribution in [0.15, 0.2) is 0 Å². The Bertz CT molecular complexity index is 228. The van der Waals surface area contributed by atoms with Gasteiger partial charge in [0.15, 0.2) is 0 Å². The number of nitrogens with two attached hydrogens (primary N) is 1. The van der Waals surface area contributed by atoms with E-state index < -0.39 is 0 Å². The lowest BCUT2D eigenvalue weighted by Crippen LogP contribution is -2.42. The quantitative estimate of drug-likeness (QED) is 0.599. The van der Waals surface area contributed by atoms with Gasteiger partial charge in [-0.2, -0.15) is 0 Å². The highest BCUT2D eigenvalue weighted by molar-refractivity contribution is 5.78. The van der Waals surface area contributed by atoms with Crippen LogP contribution in [0.25, 0.3) is 0 Å². The Labute approximate surface area is 91.0 Å². The standard InChI is InChI=1S/C11H21N3O/c12-6-8-2-1-3-10(8)13-7-11(15)14-9-4-5-9/h8-10,13H,1-7,12H2,(H,14,15). The number of rotatable bonds is 5. The van der Waals surface area contributed by atoms with Crippen LogP contribution in [0.2, 0.25) is 0 Å². The predicted molar refractivity (Wildman–Crippen MR) is 59.4 cm³/mol. The Morgan fingerprint density at radius 1 is 1.27 bits per heavy atom. The third-order valence-electron chi connectivity index (χ3n) is 3.43. The minimum atomic E-state index is 0.139. The van der Waals surface area contributed by atoms with Crippen molar-refractivity contribution in [2.75, 3.05) is 13.1 Å². The summed E-state index contributed by atoms with van der Waals surface area (Å²) >= 11 is 0. The van der Waals surface area contributed by atoms with Crippen molar-refractivity contribution in [3.63, 3.8) is 0 Å². The molecule has 2 aliphatic carbocycles. The van der Waals surface area contributed by atoms with Crippen LogP contribution in [0, 0.1) is 5.92 Å². The lowest BCUT2D eigenvalue weighted by Gasteiger charge is -2.19. The van der Waals surface area contributed by atoms with Gasteiger partial charge < -0.3 is 16.4 Å². The fourth-order valence-electron chi connectivity index (χ4n) is 2.32. The summed E-state index contributed by atoms with van der Waals surface area (Å²) in [6, 6.07) is 0.924. The summed E-state index contributed by atoms with van der Waals surface area (Å²) < 4.78 is 0. The molecule has 0 aromatic heterocycles. The molecule has 0 aliphatic heterocycles. The summed E-state index contributed by atoms with van der Waals surface area (Å²) in [4.78, 5) is 11.4. The van der Waals surface area contributed by atoms with E-state index in [4.69, 9.17) is 5.73 Å². The first-order chi connectivity index (χ1) is 7.29. The highest BCUT2D eigenvalue weighted by atomic mass is 16.2. The van der Waals surface area contributed by atoms with E-state index in [2.05, 4.69) is 10.6 Å². The zero-order chi connectivity index (χ0) is 10.7. The highest BCUT2D eigenvalue weighted by Gasteiger charge is 2.27. The van der Waals surface area contributed by atoms with Gasteiger partial charge in [-0.05, 0) is 38.1 Å². The molecule has 0 radical (unpaired) electrons. The van der Waals surface area contributed by atoms with Crippen LogP contribution in [-0.4, -0.2) is 31.1 Å². The van der Waals surface area contributed by atoms with Crippen LogP contribution in [0.3, 0.4) is 0 Å². The summed E-state index contributed by atoms with van der Waals surface area (Å²) in [5, 5.41) is 6.30. The Hall–Kier alpha value is -0.610. The largest absolute Gasteiger partial charge is 0.352 e. The number of carbonyl (C=O) groups is 1. The van der Waals surface area contributed by atoms with Crippen LogP contribution in [-0.2, 0) is 4.79 Å². The Morgan fingerprint density at radius 3 is 2.73 bits per heavy atom. The number of hydrogen-bond acceptors (Lipinski definition) is 3. The van der Waals surface area contributed by atoms with Crippen molar-refractivity contribution in [1.29, 1.82) is 0 Å². The van der Waals surface area contributed by atoms with Gasteiger partial charge in [-0.15, -0.1) is 0 Å². The van der Waals surface area contributed by atoms with E-state index in [1.807, 2.05) is 0 Å². The molecule has 15 heavy (non-hydrogen) atoms. The first-order valence-corrected chi connectivity index (χ1v) is 6.02. The third-order valence-corrected chi connectivity index (χ3v) is 3.43. The molecule has 0 spiro atoms. The van der Waals surface area contributed by atoms with E-state index in [9.17, 15) is 4.79 Å². The second-order valence-corrected chi connectivity index (χ2v) is 4.76. The minimum absolute atomic E-state index is 0.139. The number of hydrogen-bond donors (Lipinski definition) is 3. The van der Waals surface area contributed by atoms with Gasteiger partial charge in [0, 0.05) is 12.1 Å². The van der Waals surface area contributed by atoms with Crippen molar-refractivity contribution < 1.29 is 4.79 Å². The van der Waals surface area contributed by atoms with E-state index in [0.717, 1.165) is 19.4 Å². The van der Waals surface area contributed by atoms with E-state index in [1.165, 1.54) is 19.3 Å². The third kappa shape index (κ3) is 3.18. The number of carbonyl (C=O) groups excluding carboxylic acids is 1. The Morgan fingerprint density at radius 2 is 2.07 bits per heavy atom. The van der Waals surface area contributed by atoms with Crippen molar-refractivity contribution >= 4 is 5.91 Å². The molecule has 2 fully saturated rings. The Balaban J connectivity index is 1.65. The fraction of sp³-hybridized carbons (Fsp3) is 0.909. The lowest BCUT2D eigenvalue weighted by atomic mass is 10.0. The SMILES string of the molecule is NCC1CCCC1NCC(=O)NC1CC1. The minimum Gasteiger partial charge on any atom is -0.352 e. The van der Waals surface area contributed by atoms with Gasteiger partial charge in [0.05, 0.1) is 6.54 Å². The van der Waals surface area contributed by atoms with Crippen molar-refractivity contribution in [1.82, 2.24) is 10.6 Å². The average molecular weight is 211 g/mol. The maximum Gasteiger partial charge on any atom is 0.234 e. The maximum atomic E-state index is 11.4. The van der Waals surface area contributed by atoms with Crippen LogP contribution in [0.4, 0.5) is 0 Å². The summed E-state index contributed by atoms with van der Waals surface area (Å²) in [7, 11) is 0. The van der Waals surface area contributed by atoms with Crippen LogP contribution in [0.5, 0.6) is 0 Å². The van der Waals surface area contributed by atoms with E-state index in [1.54, 1.807) is 0 Å². The van der Waals surface area contributed by atoms with Gasteiger partial charge in [-0.1, -0.05) is 6.42 Å². The fourth-order valence-corrected chi connectivity index (χ4v) is 2.32. The molecular weight excluding hydrogens is 190 g/mol. The molecule has 0 bridgehead atoms. The van der Waals surface area contributed by atoms with Gasteiger partial charge in [-0.25, -0.2) is 0 Å². The van der Waals surface area contributed by atoms with Crippen LogP contribution in [0.1, 0.15) is 32.1 Å². The lowest BCUT2D eigenvalue weighted by molar-refractivity contribution is -0.120. The van der Waals surface area contributed by atoms with Gasteiger partial charge in [0.1, 0.15) is 0 Å². The molecule has 0 heterocycles. The molecule has 2 aliphatic rings. The van der Waals surface area contributed by atoms with Crippen molar-refractivity contribution in [2.45, 2.75) is 44.2 Å². The first-order valence-electron chi connectivity index (χ1n) is 6.02. The second-order valence-electron chi connectivity index (χ2n) is 4.76. The summed E-state index contributed by atoms with van der Waals surface area (Å²) in [6.45, 7) is 1.19. The summed E-state index contributed by atoms with van der Waals surface area (Å²) in [5.41, 5.74) is 5.68. The normalized spacial score (nSPS) is 30.5. The van der Waals surface area contributed by atoms with Gasteiger partial charge in [0.2, 0.25) is 5.91 Å².